The Hall–Kier alpha value is -2.23. The molecule has 1 aromatic heterocycles. The van der Waals surface area contributed by atoms with Crippen molar-refractivity contribution in [1.29, 1.82) is 0 Å². The normalized spacial score (nSPS) is 12.1. The molecule has 2 rings (SSSR count). The van der Waals surface area contributed by atoms with Gasteiger partial charge in [-0.1, -0.05) is 0 Å². The number of rotatable bonds is 3. The maximum atomic E-state index is 9.46. The molecule has 1 aromatic carbocycles. The Kier molecular flexibility index (Phi) is 3.37. The lowest BCUT2D eigenvalue weighted by molar-refractivity contribution is 0.448. The number of anilines is 1. The van der Waals surface area contributed by atoms with Gasteiger partial charge < -0.3 is 15.5 Å². The molecule has 0 fully saturated rings. The van der Waals surface area contributed by atoms with Gasteiger partial charge in [-0.25, -0.2) is 0 Å². The first-order chi connectivity index (χ1) is 8.56. The van der Waals surface area contributed by atoms with Crippen LogP contribution in [0.25, 0.3) is 0 Å². The van der Waals surface area contributed by atoms with Crippen molar-refractivity contribution in [1.82, 2.24) is 4.98 Å². The third-order valence-corrected chi connectivity index (χ3v) is 2.84. The molecular weight excluding hydrogens is 228 g/mol. The molecule has 18 heavy (non-hydrogen) atoms. The Balaban J connectivity index is 2.22. The van der Waals surface area contributed by atoms with Crippen LogP contribution in [0.15, 0.2) is 36.7 Å². The van der Waals surface area contributed by atoms with Crippen LogP contribution in [-0.4, -0.2) is 15.2 Å². The number of nitrogens with zero attached hydrogens (tertiary/aromatic N) is 1. The molecule has 0 radical (unpaired) electrons. The maximum absolute atomic E-state index is 9.46. The van der Waals surface area contributed by atoms with Crippen LogP contribution in [0.5, 0.6) is 11.5 Å². The maximum Gasteiger partial charge on any atom is 0.119 e. The van der Waals surface area contributed by atoms with Gasteiger partial charge in [-0.15, -0.1) is 0 Å². The number of phenols is 2. The van der Waals surface area contributed by atoms with Crippen molar-refractivity contribution in [2.24, 2.45) is 0 Å². The zero-order chi connectivity index (χ0) is 13.1. The van der Waals surface area contributed by atoms with Crippen molar-refractivity contribution >= 4 is 5.69 Å². The first-order valence-electron chi connectivity index (χ1n) is 5.76. The van der Waals surface area contributed by atoms with Crippen LogP contribution in [0, 0.1) is 6.92 Å². The summed E-state index contributed by atoms with van der Waals surface area (Å²) in [5.41, 5.74) is 2.85. The molecule has 0 saturated heterocycles. The van der Waals surface area contributed by atoms with E-state index in [9.17, 15) is 10.2 Å². The second-order valence-corrected chi connectivity index (χ2v) is 4.34. The lowest BCUT2D eigenvalue weighted by atomic mass is 10.1. The van der Waals surface area contributed by atoms with E-state index in [0.717, 1.165) is 16.8 Å². The van der Waals surface area contributed by atoms with E-state index in [1.807, 2.05) is 19.9 Å². The minimum Gasteiger partial charge on any atom is -0.508 e. The summed E-state index contributed by atoms with van der Waals surface area (Å²) in [6, 6.07) is 6.46. The van der Waals surface area contributed by atoms with E-state index in [-0.39, 0.29) is 17.5 Å². The molecule has 3 N–H and O–H groups in total. The average Bonchev–Trinajstić information content (AvgIpc) is 2.31. The number of hydrogen-bond acceptors (Lipinski definition) is 4. The minimum absolute atomic E-state index is 0.0362. The molecule has 0 aliphatic heterocycles. The van der Waals surface area contributed by atoms with Gasteiger partial charge in [0.2, 0.25) is 0 Å². The van der Waals surface area contributed by atoms with Crippen LogP contribution >= 0.6 is 0 Å². The largest absolute Gasteiger partial charge is 0.508 e. The monoisotopic (exact) mass is 244 g/mol. The molecule has 1 unspecified atom stereocenters. The Labute approximate surface area is 106 Å². The van der Waals surface area contributed by atoms with Gasteiger partial charge in [0, 0.05) is 18.3 Å². The van der Waals surface area contributed by atoms with Gasteiger partial charge in [-0.3, -0.25) is 4.98 Å². The smallest absolute Gasteiger partial charge is 0.119 e. The number of aromatic hydroxyl groups is 2. The van der Waals surface area contributed by atoms with Crippen molar-refractivity contribution < 1.29 is 10.2 Å². The zero-order valence-corrected chi connectivity index (χ0v) is 10.4. The number of aromatic nitrogens is 1. The number of aryl methyl sites for hydroxylation is 1. The Bertz CT molecular complexity index is 535. The van der Waals surface area contributed by atoms with Crippen molar-refractivity contribution in [3.05, 3.63) is 47.8 Å². The number of hydrogen-bond donors (Lipinski definition) is 3. The lowest BCUT2D eigenvalue weighted by Crippen LogP contribution is -2.07. The van der Waals surface area contributed by atoms with Gasteiger partial charge in [0.15, 0.2) is 0 Å². The van der Waals surface area contributed by atoms with Gasteiger partial charge in [0.1, 0.15) is 11.5 Å². The zero-order valence-electron chi connectivity index (χ0n) is 10.4. The van der Waals surface area contributed by atoms with Crippen LogP contribution in [0.4, 0.5) is 5.69 Å². The van der Waals surface area contributed by atoms with Gasteiger partial charge in [-0.05, 0) is 43.2 Å². The van der Waals surface area contributed by atoms with Gasteiger partial charge in [-0.2, -0.15) is 0 Å². The molecule has 1 atom stereocenters. The molecule has 0 bridgehead atoms. The predicted molar refractivity (Wildman–Crippen MR) is 70.8 cm³/mol. The molecule has 0 aliphatic carbocycles. The Morgan fingerprint density at radius 3 is 2.44 bits per heavy atom. The number of benzene rings is 1. The van der Waals surface area contributed by atoms with Crippen LogP contribution < -0.4 is 5.32 Å². The highest BCUT2D eigenvalue weighted by Gasteiger charge is 2.09. The van der Waals surface area contributed by atoms with E-state index in [4.69, 9.17) is 0 Å². The molecular formula is C14H16N2O2. The molecule has 0 amide bonds. The molecule has 1 heterocycles. The summed E-state index contributed by atoms with van der Waals surface area (Å²) in [6.45, 7) is 3.96. The molecule has 94 valence electrons. The van der Waals surface area contributed by atoms with Gasteiger partial charge in [0.05, 0.1) is 11.9 Å². The molecule has 2 aromatic rings. The second-order valence-electron chi connectivity index (χ2n) is 4.34. The summed E-state index contributed by atoms with van der Waals surface area (Å²) in [5, 5.41) is 22.2. The standard InChI is InChI=1S/C14H16N2O2/c1-9-3-4-15-8-14(9)16-10(2)11-5-12(17)7-13(18)6-11/h3-8,10,16-18H,1-2H3. The van der Waals surface area contributed by atoms with E-state index >= 15 is 0 Å². The fraction of sp³-hybridized carbons (Fsp3) is 0.214. The molecule has 0 spiro atoms. The van der Waals surface area contributed by atoms with Gasteiger partial charge in [0.25, 0.3) is 0 Å². The topological polar surface area (TPSA) is 65.4 Å². The third-order valence-electron chi connectivity index (χ3n) is 2.84. The van der Waals surface area contributed by atoms with Crippen LogP contribution in [-0.2, 0) is 0 Å². The summed E-state index contributed by atoms with van der Waals surface area (Å²) in [7, 11) is 0. The van der Waals surface area contributed by atoms with Crippen molar-refractivity contribution in [3.8, 4) is 11.5 Å². The number of pyridine rings is 1. The predicted octanol–water partition coefficient (Wildman–Crippen LogP) is 2.97. The van der Waals surface area contributed by atoms with E-state index in [1.54, 1.807) is 24.5 Å². The molecule has 4 nitrogen and oxygen atoms in total. The quantitative estimate of drug-likeness (QED) is 0.776. The highest BCUT2D eigenvalue weighted by molar-refractivity contribution is 5.50. The second kappa shape index (κ2) is 4.96. The highest BCUT2D eigenvalue weighted by atomic mass is 16.3. The fourth-order valence-corrected chi connectivity index (χ4v) is 1.80. The lowest BCUT2D eigenvalue weighted by Gasteiger charge is -2.17. The summed E-state index contributed by atoms with van der Waals surface area (Å²) < 4.78 is 0. The number of phenolic OH excluding ortho intramolecular Hbond substituents is 2. The summed E-state index contributed by atoms with van der Waals surface area (Å²) >= 11 is 0. The summed E-state index contributed by atoms with van der Waals surface area (Å²) in [5.74, 6) is 0.114. The van der Waals surface area contributed by atoms with Crippen LogP contribution in [0.2, 0.25) is 0 Å². The first kappa shape index (κ1) is 12.2. The van der Waals surface area contributed by atoms with E-state index in [1.165, 1.54) is 6.07 Å². The van der Waals surface area contributed by atoms with Crippen LogP contribution in [0.1, 0.15) is 24.1 Å². The van der Waals surface area contributed by atoms with E-state index < -0.39 is 0 Å². The van der Waals surface area contributed by atoms with E-state index in [0.29, 0.717) is 0 Å². The summed E-state index contributed by atoms with van der Waals surface area (Å²) in [4.78, 5) is 4.07. The Morgan fingerprint density at radius 1 is 1.17 bits per heavy atom. The SMILES string of the molecule is Cc1ccncc1NC(C)c1cc(O)cc(O)c1. The fourth-order valence-electron chi connectivity index (χ4n) is 1.80. The van der Waals surface area contributed by atoms with E-state index in [2.05, 4.69) is 10.3 Å². The average molecular weight is 244 g/mol. The van der Waals surface area contributed by atoms with Crippen molar-refractivity contribution in [2.45, 2.75) is 19.9 Å². The molecule has 0 aliphatic rings. The van der Waals surface area contributed by atoms with Crippen molar-refractivity contribution in [3.63, 3.8) is 0 Å². The molecule has 4 heteroatoms. The number of nitrogens with one attached hydrogen (secondary N) is 1. The van der Waals surface area contributed by atoms with Crippen LogP contribution in [0.3, 0.4) is 0 Å². The Morgan fingerprint density at radius 2 is 1.83 bits per heavy atom. The first-order valence-corrected chi connectivity index (χ1v) is 5.76. The minimum atomic E-state index is -0.0362. The summed E-state index contributed by atoms with van der Waals surface area (Å²) in [6.07, 6.45) is 3.50. The van der Waals surface area contributed by atoms with Gasteiger partial charge >= 0.3 is 0 Å². The molecule has 0 saturated carbocycles. The third kappa shape index (κ3) is 2.71. The van der Waals surface area contributed by atoms with Crippen molar-refractivity contribution in [2.75, 3.05) is 5.32 Å². The highest BCUT2D eigenvalue weighted by Crippen LogP contribution is 2.27.